The Kier molecular flexibility index (Phi) is 6.72. The summed E-state index contributed by atoms with van der Waals surface area (Å²) in [7, 11) is 0. The number of aryl methyl sites for hydroxylation is 1. The van der Waals surface area contributed by atoms with Crippen LogP contribution in [0.2, 0.25) is 0 Å². The molecule has 3 rings (SSSR count). The average molecular weight is 443 g/mol. The summed E-state index contributed by atoms with van der Waals surface area (Å²) in [5.41, 5.74) is 1.66. The van der Waals surface area contributed by atoms with E-state index in [9.17, 15) is 22.8 Å². The van der Waals surface area contributed by atoms with Crippen LogP contribution in [0, 0.1) is 13.8 Å². The van der Waals surface area contributed by atoms with Gasteiger partial charge in [0.05, 0.1) is 16.8 Å². The van der Waals surface area contributed by atoms with Gasteiger partial charge in [-0.05, 0) is 51.1 Å². The third kappa shape index (κ3) is 4.85. The van der Waals surface area contributed by atoms with Crippen LogP contribution in [0.25, 0.3) is 5.69 Å². The van der Waals surface area contributed by atoms with Gasteiger partial charge in [0.1, 0.15) is 6.54 Å². The molecule has 0 unspecified atom stereocenters. The minimum Gasteiger partial charge on any atom is -0.330 e. The molecule has 0 spiro atoms. The van der Waals surface area contributed by atoms with E-state index in [-0.39, 0.29) is 24.7 Å². The van der Waals surface area contributed by atoms with Gasteiger partial charge >= 0.3 is 6.18 Å². The summed E-state index contributed by atoms with van der Waals surface area (Å²) >= 11 is 0. The van der Waals surface area contributed by atoms with Gasteiger partial charge in [0, 0.05) is 23.6 Å². The Labute approximate surface area is 184 Å². The third-order valence-electron chi connectivity index (χ3n) is 5.19. The fourth-order valence-electron chi connectivity index (χ4n) is 3.65. The van der Waals surface area contributed by atoms with Gasteiger partial charge < -0.3 is 14.8 Å². The number of anilines is 1. The first-order valence-corrected chi connectivity index (χ1v) is 10.1. The van der Waals surface area contributed by atoms with E-state index in [4.69, 9.17) is 0 Å². The second-order valence-electron chi connectivity index (χ2n) is 7.37. The number of likely N-dealkylation sites (N-methyl/N-ethyl adjacent to an activating group) is 1. The van der Waals surface area contributed by atoms with E-state index in [0.29, 0.717) is 5.56 Å². The first-order valence-electron chi connectivity index (χ1n) is 10.1. The highest BCUT2D eigenvalue weighted by atomic mass is 19.4. The predicted octanol–water partition coefficient (Wildman–Crippen LogP) is 5.21. The summed E-state index contributed by atoms with van der Waals surface area (Å²) in [6.45, 7) is 5.28. The number of nitrogens with zero attached hydrogens (tertiary/aromatic N) is 2. The van der Waals surface area contributed by atoms with E-state index >= 15 is 0 Å². The van der Waals surface area contributed by atoms with Crippen LogP contribution in [0.3, 0.4) is 0 Å². The predicted molar refractivity (Wildman–Crippen MR) is 117 cm³/mol. The maximum absolute atomic E-state index is 13.2. The van der Waals surface area contributed by atoms with E-state index in [2.05, 4.69) is 5.32 Å². The quantitative estimate of drug-likeness (QED) is 0.568. The van der Waals surface area contributed by atoms with Crippen molar-refractivity contribution >= 4 is 17.5 Å². The lowest BCUT2D eigenvalue weighted by molar-refractivity contribution is -0.137. The smallest absolute Gasteiger partial charge is 0.330 e. The molecule has 8 heteroatoms. The molecular weight excluding hydrogens is 419 g/mol. The number of alkyl halides is 3. The molecule has 0 fully saturated rings. The van der Waals surface area contributed by atoms with Crippen molar-refractivity contribution in [1.82, 2.24) is 9.47 Å². The van der Waals surface area contributed by atoms with Gasteiger partial charge in [0.2, 0.25) is 5.91 Å². The maximum Gasteiger partial charge on any atom is 0.418 e. The van der Waals surface area contributed by atoms with Crippen LogP contribution in [0.5, 0.6) is 0 Å². The topological polar surface area (TPSA) is 54.3 Å². The molecule has 0 radical (unpaired) electrons. The molecule has 1 heterocycles. The van der Waals surface area contributed by atoms with Crippen molar-refractivity contribution in [3.05, 3.63) is 83.2 Å². The zero-order valence-electron chi connectivity index (χ0n) is 18.0. The van der Waals surface area contributed by atoms with Gasteiger partial charge in [0.15, 0.2) is 0 Å². The normalized spacial score (nSPS) is 11.3. The number of hydrogen-bond donors (Lipinski definition) is 1. The second-order valence-corrected chi connectivity index (χ2v) is 7.37. The van der Waals surface area contributed by atoms with Crippen molar-refractivity contribution in [3.8, 4) is 5.69 Å². The van der Waals surface area contributed by atoms with Crippen molar-refractivity contribution in [2.75, 3.05) is 18.4 Å². The Morgan fingerprint density at radius 1 is 1.00 bits per heavy atom. The number of benzene rings is 2. The van der Waals surface area contributed by atoms with Gasteiger partial charge in [-0.15, -0.1) is 0 Å². The van der Waals surface area contributed by atoms with Crippen LogP contribution in [0.1, 0.15) is 34.2 Å². The van der Waals surface area contributed by atoms with Crippen LogP contribution < -0.4 is 5.32 Å². The van der Waals surface area contributed by atoms with Crippen LogP contribution in [-0.4, -0.2) is 34.4 Å². The summed E-state index contributed by atoms with van der Waals surface area (Å²) in [4.78, 5) is 27.0. The Balaban J connectivity index is 1.80. The number of carbonyl (C=O) groups is 2. The number of hydrogen-bond acceptors (Lipinski definition) is 2. The van der Waals surface area contributed by atoms with Gasteiger partial charge in [0.25, 0.3) is 5.91 Å². The number of aromatic nitrogens is 1. The number of rotatable bonds is 6. The number of carbonyl (C=O) groups excluding carboxylic acids is 2. The van der Waals surface area contributed by atoms with Crippen LogP contribution in [0.15, 0.2) is 60.7 Å². The van der Waals surface area contributed by atoms with Crippen LogP contribution >= 0.6 is 0 Å². The molecule has 2 aromatic carbocycles. The fraction of sp³-hybridized carbons (Fsp3) is 0.250. The molecule has 0 atom stereocenters. The lowest BCUT2D eigenvalue weighted by atomic mass is 10.1. The lowest BCUT2D eigenvalue weighted by Crippen LogP contribution is -2.38. The Morgan fingerprint density at radius 3 is 2.25 bits per heavy atom. The molecule has 5 nitrogen and oxygen atoms in total. The Morgan fingerprint density at radius 2 is 1.62 bits per heavy atom. The Hall–Kier alpha value is -3.55. The van der Waals surface area contributed by atoms with E-state index < -0.39 is 17.6 Å². The zero-order valence-corrected chi connectivity index (χ0v) is 18.0. The van der Waals surface area contributed by atoms with Crippen molar-refractivity contribution in [3.63, 3.8) is 0 Å². The monoisotopic (exact) mass is 443 g/mol. The highest BCUT2D eigenvalue weighted by Gasteiger charge is 2.33. The zero-order chi connectivity index (χ0) is 23.5. The minimum atomic E-state index is -4.60. The van der Waals surface area contributed by atoms with Crippen molar-refractivity contribution in [2.45, 2.75) is 26.9 Å². The second kappa shape index (κ2) is 9.30. The van der Waals surface area contributed by atoms with E-state index in [1.165, 1.54) is 23.1 Å². The average Bonchev–Trinajstić information content (AvgIpc) is 3.05. The highest BCUT2D eigenvalue weighted by Crippen LogP contribution is 2.34. The molecule has 32 heavy (non-hydrogen) atoms. The van der Waals surface area contributed by atoms with Crippen LogP contribution in [0.4, 0.5) is 18.9 Å². The van der Waals surface area contributed by atoms with Crippen LogP contribution in [-0.2, 0) is 11.0 Å². The molecule has 0 aliphatic carbocycles. The molecule has 0 bridgehead atoms. The summed E-state index contributed by atoms with van der Waals surface area (Å²) in [5.74, 6) is -1.06. The van der Waals surface area contributed by atoms with Gasteiger partial charge in [-0.1, -0.05) is 30.3 Å². The molecular formula is C24H24F3N3O2. The number of halogens is 3. The summed E-state index contributed by atoms with van der Waals surface area (Å²) in [5, 5.41) is 2.29. The van der Waals surface area contributed by atoms with E-state index in [1.54, 1.807) is 13.0 Å². The molecule has 0 aliphatic rings. The van der Waals surface area contributed by atoms with Crippen molar-refractivity contribution < 1.29 is 22.8 Å². The summed E-state index contributed by atoms with van der Waals surface area (Å²) < 4.78 is 41.5. The third-order valence-corrected chi connectivity index (χ3v) is 5.19. The largest absolute Gasteiger partial charge is 0.418 e. The summed E-state index contributed by atoms with van der Waals surface area (Å²) in [6, 6.07) is 16.1. The number of nitrogens with one attached hydrogen (secondary N) is 1. The minimum absolute atomic E-state index is 0.224. The molecule has 1 N–H and O–H groups in total. The molecule has 0 saturated heterocycles. The van der Waals surface area contributed by atoms with Gasteiger partial charge in [-0.2, -0.15) is 13.2 Å². The summed E-state index contributed by atoms with van der Waals surface area (Å²) in [6.07, 6.45) is -4.60. The van der Waals surface area contributed by atoms with Gasteiger partial charge in [-0.3, -0.25) is 9.59 Å². The fourth-order valence-corrected chi connectivity index (χ4v) is 3.65. The standard InChI is InChI=1S/C24H24F3N3O2/c1-4-29(15-22(31)28-21-13-9-8-12-20(21)24(25,26)27)23(32)19-14-16(2)30(17(19)3)18-10-6-5-7-11-18/h5-14H,4,15H2,1-3H3,(H,28,31). The SMILES string of the molecule is CCN(CC(=O)Nc1ccccc1C(F)(F)F)C(=O)c1cc(C)n(-c2ccccc2)c1C. The molecule has 2 amide bonds. The van der Waals surface area contributed by atoms with Crippen molar-refractivity contribution in [1.29, 1.82) is 0 Å². The maximum atomic E-state index is 13.2. The lowest BCUT2D eigenvalue weighted by Gasteiger charge is -2.21. The molecule has 3 aromatic rings. The first-order chi connectivity index (χ1) is 15.1. The molecule has 1 aromatic heterocycles. The highest BCUT2D eigenvalue weighted by molar-refractivity contribution is 6.00. The number of amides is 2. The number of para-hydroxylation sites is 2. The van der Waals surface area contributed by atoms with E-state index in [0.717, 1.165) is 23.1 Å². The first kappa shape index (κ1) is 23.1. The Bertz CT molecular complexity index is 1120. The van der Waals surface area contributed by atoms with E-state index in [1.807, 2.05) is 48.7 Å². The van der Waals surface area contributed by atoms with Crippen molar-refractivity contribution in [2.24, 2.45) is 0 Å². The molecule has 0 aliphatic heterocycles. The molecule has 168 valence electrons. The molecule has 0 saturated carbocycles. The van der Waals surface area contributed by atoms with Gasteiger partial charge in [-0.25, -0.2) is 0 Å².